The van der Waals surface area contributed by atoms with Crippen molar-refractivity contribution in [1.82, 2.24) is 9.97 Å². The summed E-state index contributed by atoms with van der Waals surface area (Å²) in [6, 6.07) is 21.6. The van der Waals surface area contributed by atoms with Gasteiger partial charge in [-0.25, -0.2) is 13.4 Å². The average molecular weight is 475 g/mol. The lowest BCUT2D eigenvalue weighted by Gasteiger charge is -2.19. The molecular formula is C25H22N4O4S. The molecule has 2 aromatic heterocycles. The first kappa shape index (κ1) is 22.9. The minimum Gasteiger partial charge on any atom is -0.485 e. The Bertz CT molecular complexity index is 1360. The number of hydrogen-bond acceptors (Lipinski definition) is 6. The van der Waals surface area contributed by atoms with Crippen LogP contribution >= 0.6 is 0 Å². The second-order valence-electron chi connectivity index (χ2n) is 7.28. The summed E-state index contributed by atoms with van der Waals surface area (Å²) in [5.74, 6) is 0.242. The molecule has 0 aliphatic heterocycles. The van der Waals surface area contributed by atoms with E-state index in [1.807, 2.05) is 18.2 Å². The van der Waals surface area contributed by atoms with E-state index < -0.39 is 15.9 Å². The summed E-state index contributed by atoms with van der Waals surface area (Å²) < 4.78 is 32.9. The Balaban J connectivity index is 1.47. The summed E-state index contributed by atoms with van der Waals surface area (Å²) in [5.41, 5.74) is 1.75. The molecule has 0 atom stereocenters. The Morgan fingerprint density at radius 3 is 2.32 bits per heavy atom. The van der Waals surface area contributed by atoms with E-state index in [4.69, 9.17) is 4.74 Å². The first-order chi connectivity index (χ1) is 16.4. The summed E-state index contributed by atoms with van der Waals surface area (Å²) in [6.45, 7) is 0.290. The zero-order valence-electron chi connectivity index (χ0n) is 18.3. The fourth-order valence-corrected chi connectivity index (χ4v) is 4.33. The monoisotopic (exact) mass is 474 g/mol. The van der Waals surface area contributed by atoms with Crippen LogP contribution in [0.2, 0.25) is 0 Å². The second-order valence-corrected chi connectivity index (χ2v) is 9.25. The predicted octanol–water partition coefficient (Wildman–Crippen LogP) is 4.13. The van der Waals surface area contributed by atoms with E-state index >= 15 is 0 Å². The molecule has 0 saturated heterocycles. The van der Waals surface area contributed by atoms with Gasteiger partial charge in [0.2, 0.25) is 0 Å². The smallest absolute Gasteiger partial charge is 0.264 e. The van der Waals surface area contributed by atoms with Crippen LogP contribution in [-0.4, -0.2) is 31.3 Å². The highest BCUT2D eigenvalue weighted by molar-refractivity contribution is 7.92. The van der Waals surface area contributed by atoms with E-state index in [2.05, 4.69) is 15.3 Å². The maximum Gasteiger partial charge on any atom is 0.264 e. The summed E-state index contributed by atoms with van der Waals surface area (Å²) >= 11 is 0. The van der Waals surface area contributed by atoms with Crippen LogP contribution in [0.25, 0.3) is 0 Å². The van der Waals surface area contributed by atoms with Crippen molar-refractivity contribution in [2.24, 2.45) is 0 Å². The number of sulfonamides is 1. The number of ether oxygens (including phenoxy) is 1. The zero-order valence-corrected chi connectivity index (χ0v) is 19.1. The molecule has 9 heteroatoms. The van der Waals surface area contributed by atoms with Crippen LogP contribution in [-0.2, 0) is 16.6 Å². The Hall–Kier alpha value is -4.24. The van der Waals surface area contributed by atoms with Crippen molar-refractivity contribution in [2.45, 2.75) is 11.5 Å². The molecule has 8 nitrogen and oxygen atoms in total. The Morgan fingerprint density at radius 2 is 1.62 bits per heavy atom. The Kier molecular flexibility index (Phi) is 6.84. The molecule has 0 saturated carbocycles. The molecule has 172 valence electrons. The molecule has 4 aromatic rings. The zero-order chi connectivity index (χ0) is 24.0. The highest BCUT2D eigenvalue weighted by Crippen LogP contribution is 2.24. The molecule has 2 heterocycles. The molecule has 1 amide bonds. The molecule has 0 aliphatic carbocycles. The third-order valence-electron chi connectivity index (χ3n) is 5.04. The highest BCUT2D eigenvalue weighted by Gasteiger charge is 2.21. The number of amides is 1. The average Bonchev–Trinajstić information content (AvgIpc) is 2.89. The number of nitrogens with zero attached hydrogens (tertiary/aromatic N) is 3. The van der Waals surface area contributed by atoms with E-state index in [0.29, 0.717) is 18.0 Å². The van der Waals surface area contributed by atoms with Crippen molar-refractivity contribution in [3.63, 3.8) is 0 Å². The lowest BCUT2D eigenvalue weighted by Crippen LogP contribution is -2.26. The molecule has 0 bridgehead atoms. The molecule has 0 unspecified atom stereocenters. The number of aromatic nitrogens is 2. The third-order valence-corrected chi connectivity index (χ3v) is 6.84. The van der Waals surface area contributed by atoms with Crippen molar-refractivity contribution < 1.29 is 17.9 Å². The van der Waals surface area contributed by atoms with Gasteiger partial charge in [0.05, 0.1) is 10.6 Å². The fourth-order valence-electron chi connectivity index (χ4n) is 3.13. The van der Waals surface area contributed by atoms with Gasteiger partial charge in [-0.05, 0) is 66.2 Å². The van der Waals surface area contributed by atoms with Crippen LogP contribution in [0, 0.1) is 0 Å². The number of nitrogens with one attached hydrogen (secondary N) is 1. The van der Waals surface area contributed by atoms with Gasteiger partial charge in [0.1, 0.15) is 6.61 Å². The summed E-state index contributed by atoms with van der Waals surface area (Å²) in [4.78, 5) is 21.0. The third kappa shape index (κ3) is 5.21. The maximum absolute atomic E-state index is 12.9. The molecule has 2 aromatic carbocycles. The van der Waals surface area contributed by atoms with E-state index in [1.165, 1.54) is 35.6 Å². The summed E-state index contributed by atoms with van der Waals surface area (Å²) in [7, 11) is -2.28. The number of hydrogen-bond donors (Lipinski definition) is 1. The summed E-state index contributed by atoms with van der Waals surface area (Å²) in [6.07, 6.45) is 4.89. The number of anilines is 2. The quantitative estimate of drug-likeness (QED) is 0.412. The Morgan fingerprint density at radius 1 is 0.912 bits per heavy atom. The predicted molar refractivity (Wildman–Crippen MR) is 129 cm³/mol. The van der Waals surface area contributed by atoms with E-state index in [9.17, 15) is 13.2 Å². The van der Waals surface area contributed by atoms with Crippen LogP contribution < -0.4 is 14.4 Å². The van der Waals surface area contributed by atoms with Crippen LogP contribution in [0.1, 0.15) is 15.9 Å². The SMILES string of the molecule is CN(c1ccccc1)S(=O)(=O)c1ccc(C(=O)Nc2ncccc2OCc2ccncc2)cc1. The Labute approximate surface area is 197 Å². The van der Waals surface area contributed by atoms with Gasteiger partial charge < -0.3 is 10.1 Å². The lowest BCUT2D eigenvalue weighted by atomic mass is 10.2. The highest BCUT2D eigenvalue weighted by atomic mass is 32.2. The minimum atomic E-state index is -3.77. The van der Waals surface area contributed by atoms with Crippen molar-refractivity contribution in [2.75, 3.05) is 16.7 Å². The molecule has 34 heavy (non-hydrogen) atoms. The summed E-state index contributed by atoms with van der Waals surface area (Å²) in [5, 5.41) is 2.72. The van der Waals surface area contributed by atoms with Crippen LogP contribution in [0.4, 0.5) is 11.5 Å². The van der Waals surface area contributed by atoms with Crippen molar-refractivity contribution in [1.29, 1.82) is 0 Å². The van der Waals surface area contributed by atoms with E-state index in [0.717, 1.165) is 5.56 Å². The van der Waals surface area contributed by atoms with E-state index in [-0.39, 0.29) is 16.3 Å². The van der Waals surface area contributed by atoms with Crippen molar-refractivity contribution in [3.8, 4) is 5.75 Å². The fraction of sp³-hybridized carbons (Fsp3) is 0.0800. The van der Waals surface area contributed by atoms with Crippen LogP contribution in [0.5, 0.6) is 5.75 Å². The maximum atomic E-state index is 12.9. The topological polar surface area (TPSA) is 101 Å². The molecular weight excluding hydrogens is 452 g/mol. The largest absolute Gasteiger partial charge is 0.485 e. The van der Waals surface area contributed by atoms with Gasteiger partial charge in [0.25, 0.3) is 15.9 Å². The molecule has 0 spiro atoms. The minimum absolute atomic E-state index is 0.0783. The van der Waals surface area contributed by atoms with Crippen LogP contribution in [0.15, 0.2) is 102 Å². The van der Waals surface area contributed by atoms with Gasteiger partial charge in [0.15, 0.2) is 11.6 Å². The van der Waals surface area contributed by atoms with Crippen molar-refractivity contribution >= 4 is 27.4 Å². The van der Waals surface area contributed by atoms with Crippen molar-refractivity contribution in [3.05, 3.63) is 109 Å². The van der Waals surface area contributed by atoms with Gasteiger partial charge in [-0.3, -0.25) is 14.1 Å². The normalized spacial score (nSPS) is 11.0. The van der Waals surface area contributed by atoms with Gasteiger partial charge in [-0.1, -0.05) is 18.2 Å². The first-order valence-corrected chi connectivity index (χ1v) is 11.8. The molecule has 0 aliphatic rings. The number of para-hydroxylation sites is 1. The molecule has 0 radical (unpaired) electrons. The second kappa shape index (κ2) is 10.1. The van der Waals surface area contributed by atoms with Gasteiger partial charge >= 0.3 is 0 Å². The standard InChI is InChI=1S/C25H22N4O4S/c1-29(21-6-3-2-4-7-21)34(31,32)22-11-9-20(10-12-22)25(30)28-24-23(8-5-15-27-24)33-18-19-13-16-26-17-14-19/h2-17H,18H2,1H3,(H,27,28,30). The number of benzene rings is 2. The van der Waals surface area contributed by atoms with Gasteiger partial charge in [-0.15, -0.1) is 0 Å². The number of carbonyl (C=O) groups is 1. The van der Waals surface area contributed by atoms with Gasteiger partial charge in [-0.2, -0.15) is 0 Å². The molecule has 0 fully saturated rings. The van der Waals surface area contributed by atoms with Crippen LogP contribution in [0.3, 0.4) is 0 Å². The van der Waals surface area contributed by atoms with E-state index in [1.54, 1.807) is 55.0 Å². The molecule has 1 N–H and O–H groups in total. The first-order valence-electron chi connectivity index (χ1n) is 10.4. The number of rotatable bonds is 8. The number of carbonyl (C=O) groups excluding carboxylic acids is 1. The lowest BCUT2D eigenvalue weighted by molar-refractivity contribution is 0.102. The van der Waals surface area contributed by atoms with Gasteiger partial charge in [0, 0.05) is 31.2 Å². The molecule has 4 rings (SSSR count). The number of pyridine rings is 2.